The molecule has 2 aromatic carbocycles. The predicted octanol–water partition coefficient (Wildman–Crippen LogP) is 3.49. The van der Waals surface area contributed by atoms with Gasteiger partial charge in [-0.05, 0) is 29.8 Å². The van der Waals surface area contributed by atoms with Crippen molar-refractivity contribution in [3.63, 3.8) is 0 Å². The Balaban J connectivity index is 1.68. The molecular weight excluding hydrogens is 262 g/mol. The number of imidazole rings is 1. The highest BCUT2D eigenvalue weighted by Crippen LogP contribution is 2.23. The fourth-order valence-electron chi connectivity index (χ4n) is 2.19. The molecule has 3 rings (SSSR count). The number of aromatic nitrogens is 2. The second-order valence-electron chi connectivity index (χ2n) is 4.69. The average Bonchev–Trinajstić information content (AvgIpc) is 3.08. The van der Waals surface area contributed by atoms with Crippen molar-refractivity contribution in [2.75, 3.05) is 12.4 Å². The second kappa shape index (κ2) is 6.13. The van der Waals surface area contributed by atoms with E-state index < -0.39 is 0 Å². The first-order valence-corrected chi connectivity index (χ1v) is 6.81. The van der Waals surface area contributed by atoms with Crippen LogP contribution in [-0.4, -0.2) is 16.7 Å². The lowest BCUT2D eigenvalue weighted by molar-refractivity contribution is 0.416. The number of ether oxygens (including phenoxy) is 1. The van der Waals surface area contributed by atoms with E-state index in [-0.39, 0.29) is 0 Å². The minimum atomic E-state index is 0.755. The number of para-hydroxylation sites is 2. The lowest BCUT2D eigenvalue weighted by atomic mass is 10.2. The molecule has 0 radical (unpaired) electrons. The maximum atomic E-state index is 5.33. The number of nitrogens with one attached hydrogen (secondary N) is 1. The van der Waals surface area contributed by atoms with Crippen molar-refractivity contribution in [2.24, 2.45) is 0 Å². The van der Waals surface area contributed by atoms with Gasteiger partial charge in [-0.15, -0.1) is 0 Å². The number of methoxy groups -OCH3 is 1. The van der Waals surface area contributed by atoms with Crippen molar-refractivity contribution in [3.05, 3.63) is 72.8 Å². The quantitative estimate of drug-likeness (QED) is 0.777. The molecule has 4 nitrogen and oxygen atoms in total. The molecule has 0 aliphatic heterocycles. The van der Waals surface area contributed by atoms with Gasteiger partial charge in [0.05, 0.1) is 19.1 Å². The Morgan fingerprint density at radius 1 is 1.10 bits per heavy atom. The number of benzene rings is 2. The van der Waals surface area contributed by atoms with E-state index in [0.29, 0.717) is 0 Å². The minimum absolute atomic E-state index is 0.755. The van der Waals surface area contributed by atoms with Gasteiger partial charge >= 0.3 is 0 Å². The Bertz CT molecular complexity index is 690. The molecule has 106 valence electrons. The Kier molecular flexibility index (Phi) is 3.87. The van der Waals surface area contributed by atoms with Gasteiger partial charge in [-0.3, -0.25) is 0 Å². The lowest BCUT2D eigenvalue weighted by Crippen LogP contribution is -2.01. The molecule has 0 fully saturated rings. The van der Waals surface area contributed by atoms with E-state index in [4.69, 9.17) is 4.74 Å². The molecule has 0 aliphatic rings. The SMILES string of the molecule is COc1ccccc1NCc1ccc(-n2ccnc2)cc1. The lowest BCUT2D eigenvalue weighted by Gasteiger charge is -2.11. The highest BCUT2D eigenvalue weighted by molar-refractivity contribution is 5.56. The molecule has 1 aromatic heterocycles. The van der Waals surface area contributed by atoms with E-state index in [0.717, 1.165) is 23.7 Å². The minimum Gasteiger partial charge on any atom is -0.495 e. The summed E-state index contributed by atoms with van der Waals surface area (Å²) in [6, 6.07) is 16.3. The van der Waals surface area contributed by atoms with Gasteiger partial charge in [-0.25, -0.2) is 4.98 Å². The first-order valence-electron chi connectivity index (χ1n) is 6.81. The molecule has 0 saturated carbocycles. The van der Waals surface area contributed by atoms with Gasteiger partial charge in [0.15, 0.2) is 0 Å². The van der Waals surface area contributed by atoms with Crippen LogP contribution in [0.5, 0.6) is 5.75 Å². The molecule has 0 spiro atoms. The topological polar surface area (TPSA) is 39.1 Å². The Morgan fingerprint density at radius 2 is 1.90 bits per heavy atom. The van der Waals surface area contributed by atoms with Gasteiger partial charge in [-0.2, -0.15) is 0 Å². The van der Waals surface area contributed by atoms with Gasteiger partial charge < -0.3 is 14.6 Å². The second-order valence-corrected chi connectivity index (χ2v) is 4.69. The summed E-state index contributed by atoms with van der Waals surface area (Å²) in [7, 11) is 1.68. The molecule has 1 N–H and O–H groups in total. The van der Waals surface area contributed by atoms with Gasteiger partial charge in [0.2, 0.25) is 0 Å². The van der Waals surface area contributed by atoms with Crippen LogP contribution in [0.15, 0.2) is 67.3 Å². The summed E-state index contributed by atoms with van der Waals surface area (Å²) < 4.78 is 7.31. The van der Waals surface area contributed by atoms with Crippen molar-refractivity contribution in [1.29, 1.82) is 0 Å². The fourth-order valence-corrected chi connectivity index (χ4v) is 2.19. The van der Waals surface area contributed by atoms with Crippen LogP contribution in [0.4, 0.5) is 5.69 Å². The molecule has 4 heteroatoms. The van der Waals surface area contributed by atoms with Crippen LogP contribution in [0.3, 0.4) is 0 Å². The normalized spacial score (nSPS) is 10.3. The number of hydrogen-bond acceptors (Lipinski definition) is 3. The van der Waals surface area contributed by atoms with Gasteiger partial charge in [0.25, 0.3) is 0 Å². The molecule has 0 saturated heterocycles. The molecular formula is C17H17N3O. The predicted molar refractivity (Wildman–Crippen MR) is 83.9 cm³/mol. The van der Waals surface area contributed by atoms with Crippen molar-refractivity contribution < 1.29 is 4.74 Å². The van der Waals surface area contributed by atoms with Crippen LogP contribution in [0.1, 0.15) is 5.56 Å². The maximum Gasteiger partial charge on any atom is 0.141 e. The standard InChI is InChI=1S/C17H17N3O/c1-21-17-5-3-2-4-16(17)19-12-14-6-8-15(9-7-14)20-11-10-18-13-20/h2-11,13,19H,12H2,1H3. The number of anilines is 1. The van der Waals surface area contributed by atoms with Crippen molar-refractivity contribution in [1.82, 2.24) is 9.55 Å². The fraction of sp³-hybridized carbons (Fsp3) is 0.118. The summed E-state index contributed by atoms with van der Waals surface area (Å²) in [5.41, 5.74) is 3.32. The van der Waals surface area contributed by atoms with Crippen LogP contribution < -0.4 is 10.1 Å². The molecule has 1 heterocycles. The summed E-state index contributed by atoms with van der Waals surface area (Å²) >= 11 is 0. The summed E-state index contributed by atoms with van der Waals surface area (Å²) in [5.74, 6) is 0.854. The molecule has 0 unspecified atom stereocenters. The van der Waals surface area contributed by atoms with E-state index in [1.165, 1.54) is 5.56 Å². The first kappa shape index (κ1) is 13.2. The van der Waals surface area contributed by atoms with Crippen molar-refractivity contribution in [2.45, 2.75) is 6.54 Å². The van der Waals surface area contributed by atoms with Crippen LogP contribution in [0.25, 0.3) is 5.69 Å². The largest absolute Gasteiger partial charge is 0.495 e. The molecule has 3 aromatic rings. The number of hydrogen-bond donors (Lipinski definition) is 1. The smallest absolute Gasteiger partial charge is 0.141 e. The van der Waals surface area contributed by atoms with Gasteiger partial charge in [0, 0.05) is 24.6 Å². The third kappa shape index (κ3) is 3.05. The molecule has 0 amide bonds. The highest BCUT2D eigenvalue weighted by Gasteiger charge is 2.01. The molecule has 0 atom stereocenters. The zero-order valence-corrected chi connectivity index (χ0v) is 11.9. The zero-order chi connectivity index (χ0) is 14.5. The Labute approximate surface area is 124 Å². The van der Waals surface area contributed by atoms with Crippen molar-refractivity contribution >= 4 is 5.69 Å². The van der Waals surface area contributed by atoms with E-state index in [1.54, 1.807) is 19.6 Å². The van der Waals surface area contributed by atoms with E-state index >= 15 is 0 Å². The molecule has 0 bridgehead atoms. The van der Waals surface area contributed by atoms with Crippen LogP contribution in [-0.2, 0) is 6.54 Å². The third-order valence-electron chi connectivity index (χ3n) is 3.33. The number of rotatable bonds is 5. The van der Waals surface area contributed by atoms with Crippen LogP contribution in [0.2, 0.25) is 0 Å². The molecule has 0 aliphatic carbocycles. The van der Waals surface area contributed by atoms with Gasteiger partial charge in [-0.1, -0.05) is 24.3 Å². The van der Waals surface area contributed by atoms with E-state index in [2.05, 4.69) is 34.6 Å². The summed E-state index contributed by atoms with van der Waals surface area (Å²) in [4.78, 5) is 4.05. The summed E-state index contributed by atoms with van der Waals surface area (Å²) in [5, 5.41) is 3.39. The number of nitrogens with zero attached hydrogens (tertiary/aromatic N) is 2. The van der Waals surface area contributed by atoms with Crippen LogP contribution in [0, 0.1) is 0 Å². The Morgan fingerprint density at radius 3 is 2.62 bits per heavy atom. The molecule has 21 heavy (non-hydrogen) atoms. The van der Waals surface area contributed by atoms with Gasteiger partial charge in [0.1, 0.15) is 5.75 Å². The zero-order valence-electron chi connectivity index (χ0n) is 11.9. The first-order chi connectivity index (χ1) is 10.4. The third-order valence-corrected chi connectivity index (χ3v) is 3.33. The summed E-state index contributed by atoms with van der Waals surface area (Å²) in [6.07, 6.45) is 5.50. The van der Waals surface area contributed by atoms with E-state index in [9.17, 15) is 0 Å². The highest BCUT2D eigenvalue weighted by atomic mass is 16.5. The monoisotopic (exact) mass is 279 g/mol. The Hall–Kier alpha value is -2.75. The van der Waals surface area contributed by atoms with E-state index in [1.807, 2.05) is 35.0 Å². The van der Waals surface area contributed by atoms with Crippen molar-refractivity contribution in [3.8, 4) is 11.4 Å². The summed E-state index contributed by atoms with van der Waals surface area (Å²) in [6.45, 7) is 0.755. The average molecular weight is 279 g/mol. The maximum absolute atomic E-state index is 5.33. The van der Waals surface area contributed by atoms with Crippen LogP contribution >= 0.6 is 0 Å².